The van der Waals surface area contributed by atoms with Gasteiger partial charge in [-0.3, -0.25) is 9.59 Å². The van der Waals surface area contributed by atoms with E-state index in [1.807, 2.05) is 60.7 Å². The van der Waals surface area contributed by atoms with E-state index < -0.39 is 0 Å². The lowest BCUT2D eigenvalue weighted by Crippen LogP contribution is -2.16. The minimum absolute atomic E-state index is 0.184. The first kappa shape index (κ1) is 27.7. The molecule has 4 aromatic rings. The molecule has 2 amide bonds. The average molecular weight is 553 g/mol. The number of para-hydroxylation sites is 2. The lowest BCUT2D eigenvalue weighted by Gasteiger charge is -2.12. The van der Waals surface area contributed by atoms with Crippen molar-refractivity contribution in [2.75, 3.05) is 24.9 Å². The topological polar surface area (TPSA) is 128 Å². The summed E-state index contributed by atoms with van der Waals surface area (Å²) in [6.45, 7) is 0. The van der Waals surface area contributed by atoms with Crippen molar-refractivity contribution >= 4 is 23.5 Å². The van der Waals surface area contributed by atoms with E-state index >= 15 is 0 Å². The average Bonchev–Trinajstić information content (AvgIpc) is 3.49. The summed E-state index contributed by atoms with van der Waals surface area (Å²) in [7, 11) is 3.17. The van der Waals surface area contributed by atoms with Crippen molar-refractivity contribution in [1.82, 2.24) is 20.4 Å². The van der Waals surface area contributed by atoms with Gasteiger partial charge < -0.3 is 20.1 Å². The molecular weight excluding hydrogens is 520 g/mol. The zero-order valence-corrected chi connectivity index (χ0v) is 23.0. The number of hydrogen-bond acceptors (Lipinski definition) is 8. The minimum Gasteiger partial charge on any atom is -0.496 e. The SMILES string of the molecule is COc1ccccc1CC(=O)Nc1ccc(C2CCC(c3ccc(NC(=O)Cc4ccccc4OC)nn3)C2)nn1. The standard InChI is InChI=1S/C31H32N6O4/c1-40-26-9-5-3-7-22(26)18-30(38)32-28-15-13-24(34-36-28)20-11-12-21(17-20)25-14-16-29(37-35-25)33-31(39)19-23-8-4-6-10-27(23)41-2/h3-10,13-16,20-21H,11-12,17-19H2,1-2H3,(H,32,36,38)(H,33,37,39). The quantitative estimate of drug-likeness (QED) is 0.290. The van der Waals surface area contributed by atoms with Crippen molar-refractivity contribution in [3.63, 3.8) is 0 Å². The van der Waals surface area contributed by atoms with Crippen molar-refractivity contribution in [1.29, 1.82) is 0 Å². The molecule has 2 aromatic carbocycles. The first-order chi connectivity index (χ1) is 20.0. The molecule has 2 unspecified atom stereocenters. The van der Waals surface area contributed by atoms with Crippen LogP contribution in [0.5, 0.6) is 11.5 Å². The Kier molecular flexibility index (Phi) is 8.78. The van der Waals surface area contributed by atoms with E-state index in [1.165, 1.54) is 0 Å². The van der Waals surface area contributed by atoms with Crippen LogP contribution in [0.1, 0.15) is 53.6 Å². The molecule has 0 aliphatic heterocycles. The van der Waals surface area contributed by atoms with Crippen LogP contribution in [-0.4, -0.2) is 46.4 Å². The fraction of sp³-hybridized carbons (Fsp3) is 0.290. The summed E-state index contributed by atoms with van der Waals surface area (Å²) in [5.41, 5.74) is 3.40. The van der Waals surface area contributed by atoms with Crippen molar-refractivity contribution in [3.8, 4) is 11.5 Å². The van der Waals surface area contributed by atoms with Gasteiger partial charge in [0.25, 0.3) is 0 Å². The second-order valence-electron chi connectivity index (χ2n) is 9.97. The predicted octanol–water partition coefficient (Wildman–Crippen LogP) is 4.70. The van der Waals surface area contributed by atoms with Crippen LogP contribution in [0.2, 0.25) is 0 Å². The maximum atomic E-state index is 12.5. The predicted molar refractivity (Wildman–Crippen MR) is 154 cm³/mol. The molecule has 0 bridgehead atoms. The number of benzene rings is 2. The van der Waals surface area contributed by atoms with Gasteiger partial charge in [-0.1, -0.05) is 36.4 Å². The number of ether oxygens (including phenoxy) is 2. The van der Waals surface area contributed by atoms with Crippen LogP contribution in [0.25, 0.3) is 0 Å². The number of nitrogens with one attached hydrogen (secondary N) is 2. The summed E-state index contributed by atoms with van der Waals surface area (Å²) in [6, 6.07) is 22.3. The molecule has 1 fully saturated rings. The van der Waals surface area contributed by atoms with Gasteiger partial charge >= 0.3 is 0 Å². The summed E-state index contributed by atoms with van der Waals surface area (Å²) in [6.07, 6.45) is 3.16. The normalized spacial score (nSPS) is 16.1. The summed E-state index contributed by atoms with van der Waals surface area (Å²) < 4.78 is 10.6. The number of hydrogen-bond donors (Lipinski definition) is 2. The monoisotopic (exact) mass is 552 g/mol. The van der Waals surface area contributed by atoms with E-state index in [0.29, 0.717) is 23.1 Å². The Morgan fingerprint density at radius 1 is 0.659 bits per heavy atom. The fourth-order valence-electron chi connectivity index (χ4n) is 5.19. The number of methoxy groups -OCH3 is 2. The maximum Gasteiger partial charge on any atom is 0.230 e. The Hall–Kier alpha value is -4.86. The molecule has 2 atom stereocenters. The Bertz CT molecular complexity index is 1380. The molecule has 10 nitrogen and oxygen atoms in total. The van der Waals surface area contributed by atoms with Crippen LogP contribution in [0.4, 0.5) is 11.6 Å². The van der Waals surface area contributed by atoms with Crippen LogP contribution in [-0.2, 0) is 22.4 Å². The van der Waals surface area contributed by atoms with E-state index in [2.05, 4.69) is 31.0 Å². The van der Waals surface area contributed by atoms with Gasteiger partial charge in [0.15, 0.2) is 11.6 Å². The molecule has 0 spiro atoms. The smallest absolute Gasteiger partial charge is 0.230 e. The zero-order chi connectivity index (χ0) is 28.6. The van der Waals surface area contributed by atoms with E-state index in [1.54, 1.807) is 26.4 Å². The summed E-state index contributed by atoms with van der Waals surface area (Å²) in [5, 5.41) is 22.9. The number of anilines is 2. The maximum absolute atomic E-state index is 12.5. The molecule has 2 aromatic heterocycles. The third kappa shape index (κ3) is 7.02. The molecule has 1 saturated carbocycles. The zero-order valence-electron chi connectivity index (χ0n) is 23.0. The molecule has 2 N–H and O–H groups in total. The number of amides is 2. The molecule has 5 rings (SSSR count). The van der Waals surface area contributed by atoms with E-state index in [4.69, 9.17) is 9.47 Å². The van der Waals surface area contributed by atoms with E-state index in [-0.39, 0.29) is 36.5 Å². The van der Waals surface area contributed by atoms with Crippen LogP contribution in [0.15, 0.2) is 72.8 Å². The first-order valence-electron chi connectivity index (χ1n) is 13.5. The number of carbonyl (C=O) groups is 2. The number of carbonyl (C=O) groups excluding carboxylic acids is 2. The van der Waals surface area contributed by atoms with Gasteiger partial charge in [-0.15, -0.1) is 10.2 Å². The second-order valence-corrected chi connectivity index (χ2v) is 9.97. The van der Waals surface area contributed by atoms with Crippen LogP contribution in [0.3, 0.4) is 0 Å². The van der Waals surface area contributed by atoms with Crippen molar-refractivity contribution in [2.45, 2.75) is 43.9 Å². The minimum atomic E-state index is -0.185. The largest absolute Gasteiger partial charge is 0.496 e. The molecule has 10 heteroatoms. The Labute approximate surface area is 238 Å². The third-order valence-corrected chi connectivity index (χ3v) is 7.26. The van der Waals surface area contributed by atoms with Crippen molar-refractivity contribution in [3.05, 3.63) is 95.3 Å². The van der Waals surface area contributed by atoms with Crippen LogP contribution in [0, 0.1) is 0 Å². The summed E-state index contributed by atoms with van der Waals surface area (Å²) >= 11 is 0. The third-order valence-electron chi connectivity index (χ3n) is 7.26. The highest BCUT2D eigenvalue weighted by Gasteiger charge is 2.29. The Morgan fingerprint density at radius 3 is 1.49 bits per heavy atom. The lowest BCUT2D eigenvalue weighted by atomic mass is 9.99. The van der Waals surface area contributed by atoms with Gasteiger partial charge in [-0.05, 0) is 55.7 Å². The highest BCUT2D eigenvalue weighted by molar-refractivity contribution is 5.92. The number of rotatable bonds is 10. The lowest BCUT2D eigenvalue weighted by molar-refractivity contribution is -0.116. The second kappa shape index (κ2) is 13.0. The highest BCUT2D eigenvalue weighted by atomic mass is 16.5. The summed E-state index contributed by atoms with van der Waals surface area (Å²) in [4.78, 5) is 25.0. The summed E-state index contributed by atoms with van der Waals surface area (Å²) in [5.74, 6) is 2.29. The molecule has 0 saturated heterocycles. The van der Waals surface area contributed by atoms with Crippen LogP contribution >= 0.6 is 0 Å². The van der Waals surface area contributed by atoms with Gasteiger partial charge in [0.1, 0.15) is 11.5 Å². The molecule has 0 radical (unpaired) electrons. The molecule has 41 heavy (non-hydrogen) atoms. The van der Waals surface area contributed by atoms with Crippen molar-refractivity contribution < 1.29 is 19.1 Å². The van der Waals surface area contributed by atoms with Gasteiger partial charge in [0.2, 0.25) is 11.8 Å². The van der Waals surface area contributed by atoms with Gasteiger partial charge in [-0.2, -0.15) is 10.2 Å². The Balaban J connectivity index is 1.12. The highest BCUT2D eigenvalue weighted by Crippen LogP contribution is 2.42. The number of aromatic nitrogens is 4. The number of nitrogens with zero attached hydrogens (tertiary/aromatic N) is 4. The first-order valence-corrected chi connectivity index (χ1v) is 13.5. The fourth-order valence-corrected chi connectivity index (χ4v) is 5.19. The Morgan fingerprint density at radius 2 is 1.10 bits per heavy atom. The molecule has 1 aliphatic rings. The van der Waals surface area contributed by atoms with Crippen molar-refractivity contribution in [2.24, 2.45) is 0 Å². The molecule has 1 aliphatic carbocycles. The van der Waals surface area contributed by atoms with Crippen LogP contribution < -0.4 is 20.1 Å². The van der Waals surface area contributed by atoms with Gasteiger partial charge in [0, 0.05) is 23.0 Å². The molecular formula is C31H32N6O4. The molecule has 2 heterocycles. The molecule has 210 valence electrons. The van der Waals surface area contributed by atoms with Gasteiger partial charge in [-0.25, -0.2) is 0 Å². The van der Waals surface area contributed by atoms with Gasteiger partial charge in [0.05, 0.1) is 38.4 Å². The van der Waals surface area contributed by atoms with E-state index in [9.17, 15) is 9.59 Å². The van der Waals surface area contributed by atoms with E-state index in [0.717, 1.165) is 41.8 Å².